The maximum absolute atomic E-state index is 9.24. The van der Waals surface area contributed by atoms with E-state index in [0.29, 0.717) is 5.02 Å². The van der Waals surface area contributed by atoms with E-state index in [1.165, 1.54) is 4.88 Å². The van der Waals surface area contributed by atoms with Gasteiger partial charge in [0.25, 0.3) is 0 Å². The average molecular weight is 334 g/mol. The van der Waals surface area contributed by atoms with Gasteiger partial charge in [-0.1, -0.05) is 37.1 Å². The van der Waals surface area contributed by atoms with E-state index in [2.05, 4.69) is 29.4 Å². The predicted molar refractivity (Wildman–Crippen MR) is 88.1 cm³/mol. The quantitative estimate of drug-likeness (QED) is 0.802. The van der Waals surface area contributed by atoms with Gasteiger partial charge in [-0.05, 0) is 18.6 Å². The van der Waals surface area contributed by atoms with Crippen molar-refractivity contribution in [3.05, 3.63) is 39.9 Å². The number of hydrogen-bond donors (Lipinski definition) is 3. The lowest BCUT2D eigenvalue weighted by molar-refractivity contribution is 0.548. The van der Waals surface area contributed by atoms with E-state index >= 15 is 0 Å². The van der Waals surface area contributed by atoms with E-state index in [4.69, 9.17) is 16.6 Å². The lowest BCUT2D eigenvalue weighted by atomic mass is 10.1. The van der Waals surface area contributed by atoms with Gasteiger partial charge in [-0.3, -0.25) is 0 Å². The first-order valence-electron chi connectivity index (χ1n) is 7.14. The molecule has 2 aromatic rings. The van der Waals surface area contributed by atoms with Crippen LogP contribution in [0.15, 0.2) is 24.3 Å². The molecule has 3 rings (SSSR count). The van der Waals surface area contributed by atoms with Gasteiger partial charge in [0.2, 0.25) is 0 Å². The normalized spacial score (nSPS) is 21.0. The van der Waals surface area contributed by atoms with Crippen molar-refractivity contribution in [3.63, 3.8) is 0 Å². The van der Waals surface area contributed by atoms with Crippen molar-refractivity contribution in [2.45, 2.75) is 31.8 Å². The molecule has 0 radical (unpaired) electrons. The summed E-state index contributed by atoms with van der Waals surface area (Å²) < 4.78 is 0. The van der Waals surface area contributed by atoms with Crippen molar-refractivity contribution < 1.29 is 0 Å². The fourth-order valence-electron chi connectivity index (χ4n) is 2.43. The zero-order chi connectivity index (χ0) is 15.5. The third kappa shape index (κ3) is 3.00. The molecule has 0 bridgehead atoms. The Kier molecular flexibility index (Phi) is 4.71. The summed E-state index contributed by atoms with van der Waals surface area (Å²) >= 11 is 7.63. The molecule has 22 heavy (non-hydrogen) atoms. The monoisotopic (exact) mass is 333 g/mol. The molecule has 1 fully saturated rings. The Morgan fingerprint density at radius 2 is 2.09 bits per heavy atom. The number of nitrogens with zero attached hydrogens (tertiary/aromatic N) is 2. The highest BCUT2D eigenvalue weighted by atomic mass is 35.5. The average Bonchev–Trinajstić information content (AvgIpc) is 3.14. The van der Waals surface area contributed by atoms with Crippen LogP contribution in [0, 0.1) is 11.3 Å². The van der Waals surface area contributed by atoms with E-state index in [9.17, 15) is 5.26 Å². The minimum atomic E-state index is -0.337. The van der Waals surface area contributed by atoms with Crippen molar-refractivity contribution in [3.8, 4) is 16.6 Å². The van der Waals surface area contributed by atoms with Crippen molar-refractivity contribution >= 4 is 22.9 Å². The molecular formula is C15H16ClN5S. The summed E-state index contributed by atoms with van der Waals surface area (Å²) in [6.45, 7) is 2.14. The van der Waals surface area contributed by atoms with Crippen LogP contribution < -0.4 is 16.4 Å². The van der Waals surface area contributed by atoms with E-state index in [-0.39, 0.29) is 12.1 Å². The van der Waals surface area contributed by atoms with Gasteiger partial charge in [-0.25, -0.2) is 15.8 Å². The van der Waals surface area contributed by atoms with Crippen LogP contribution >= 0.6 is 22.9 Å². The number of benzene rings is 1. The van der Waals surface area contributed by atoms with E-state index in [0.717, 1.165) is 29.1 Å². The van der Waals surface area contributed by atoms with Crippen LogP contribution in [0.25, 0.3) is 10.6 Å². The van der Waals surface area contributed by atoms with Crippen LogP contribution in [0.5, 0.6) is 0 Å². The smallest absolute Gasteiger partial charge is 0.131 e. The van der Waals surface area contributed by atoms with Gasteiger partial charge in [0.1, 0.15) is 11.0 Å². The molecule has 1 saturated heterocycles. The van der Waals surface area contributed by atoms with Gasteiger partial charge < -0.3 is 0 Å². The summed E-state index contributed by atoms with van der Waals surface area (Å²) in [5.41, 5.74) is 10.8. The van der Waals surface area contributed by atoms with Gasteiger partial charge in [-0.15, -0.1) is 11.3 Å². The van der Waals surface area contributed by atoms with Gasteiger partial charge in [0, 0.05) is 15.5 Å². The third-order valence-corrected chi connectivity index (χ3v) is 4.95. The Morgan fingerprint density at radius 3 is 2.77 bits per heavy atom. The predicted octanol–water partition coefficient (Wildman–Crippen LogP) is 2.96. The first-order valence-corrected chi connectivity index (χ1v) is 8.33. The Morgan fingerprint density at radius 1 is 1.32 bits per heavy atom. The molecule has 0 spiro atoms. The number of nitriles is 1. The summed E-state index contributed by atoms with van der Waals surface area (Å²) in [6, 6.07) is 9.44. The summed E-state index contributed by atoms with van der Waals surface area (Å²) in [5.74, 6) is 0. The molecular weight excluding hydrogens is 318 g/mol. The van der Waals surface area contributed by atoms with Crippen LogP contribution in [-0.2, 0) is 6.42 Å². The lowest BCUT2D eigenvalue weighted by Crippen LogP contribution is -2.32. The van der Waals surface area contributed by atoms with Crippen molar-refractivity contribution in [2.75, 3.05) is 0 Å². The van der Waals surface area contributed by atoms with Crippen LogP contribution in [0.3, 0.4) is 0 Å². The van der Waals surface area contributed by atoms with Gasteiger partial charge in [-0.2, -0.15) is 10.8 Å². The number of halogens is 1. The fraction of sp³-hybridized carbons (Fsp3) is 0.333. The Hall–Kier alpha value is -1.49. The molecule has 0 amide bonds. The second-order valence-electron chi connectivity index (χ2n) is 5.08. The zero-order valence-electron chi connectivity index (χ0n) is 12.1. The van der Waals surface area contributed by atoms with Crippen LogP contribution in [-0.4, -0.2) is 11.0 Å². The molecule has 1 aliphatic heterocycles. The number of aryl methyl sites for hydroxylation is 1. The summed E-state index contributed by atoms with van der Waals surface area (Å²) in [6.07, 6.45) is 2.00. The molecule has 114 valence electrons. The first kappa shape index (κ1) is 15.4. The highest BCUT2D eigenvalue weighted by Crippen LogP contribution is 2.34. The molecule has 1 aliphatic rings. The second-order valence-corrected chi connectivity index (χ2v) is 6.60. The molecule has 0 aliphatic carbocycles. The highest BCUT2D eigenvalue weighted by molar-refractivity contribution is 7.15. The molecule has 7 heteroatoms. The molecule has 1 aromatic heterocycles. The van der Waals surface area contributed by atoms with Crippen molar-refractivity contribution in [1.29, 1.82) is 5.26 Å². The minimum Gasteiger partial charge on any atom is -0.239 e. The topological polar surface area (TPSA) is 72.8 Å². The molecule has 2 atom stereocenters. The number of aromatic nitrogens is 1. The van der Waals surface area contributed by atoms with E-state index in [1.54, 1.807) is 11.3 Å². The molecule has 5 nitrogen and oxygen atoms in total. The molecule has 3 N–H and O–H groups in total. The van der Waals surface area contributed by atoms with E-state index < -0.39 is 0 Å². The number of hydrogen-bond acceptors (Lipinski definition) is 6. The maximum Gasteiger partial charge on any atom is 0.131 e. The van der Waals surface area contributed by atoms with E-state index in [1.807, 2.05) is 24.3 Å². The van der Waals surface area contributed by atoms with Crippen LogP contribution in [0.2, 0.25) is 5.02 Å². The largest absolute Gasteiger partial charge is 0.239 e. The summed E-state index contributed by atoms with van der Waals surface area (Å²) in [4.78, 5) is 6.01. The standard InChI is InChI=1S/C15H16ClN5S/c1-2-3-12-14(13-11(8-17)19-21-20-13)18-15(22-12)9-4-6-10(16)7-5-9/h4-7,11,13,19-21H,2-3H2,1H3. The van der Waals surface area contributed by atoms with Crippen LogP contribution in [0.4, 0.5) is 0 Å². The number of thiazole rings is 1. The Bertz CT molecular complexity index is 691. The summed E-state index contributed by atoms with van der Waals surface area (Å²) in [5, 5.41) is 10.9. The summed E-state index contributed by atoms with van der Waals surface area (Å²) in [7, 11) is 0. The third-order valence-electron chi connectivity index (χ3n) is 3.52. The van der Waals surface area contributed by atoms with Crippen LogP contribution in [0.1, 0.15) is 30.0 Å². The second kappa shape index (κ2) is 6.73. The highest BCUT2D eigenvalue weighted by Gasteiger charge is 2.32. The number of hydrazine groups is 2. The van der Waals surface area contributed by atoms with Gasteiger partial charge >= 0.3 is 0 Å². The zero-order valence-corrected chi connectivity index (χ0v) is 13.6. The lowest BCUT2D eigenvalue weighted by Gasteiger charge is -2.11. The maximum atomic E-state index is 9.24. The molecule has 2 heterocycles. The SMILES string of the molecule is CCCc1sc(-c2ccc(Cl)cc2)nc1C1NNNC1C#N. The Labute approximate surface area is 138 Å². The minimum absolute atomic E-state index is 0.149. The molecule has 0 saturated carbocycles. The van der Waals surface area contributed by atoms with Gasteiger partial charge in [0.15, 0.2) is 0 Å². The fourth-order valence-corrected chi connectivity index (χ4v) is 3.77. The number of rotatable bonds is 4. The first-order chi connectivity index (χ1) is 10.7. The van der Waals surface area contributed by atoms with Crippen molar-refractivity contribution in [2.24, 2.45) is 0 Å². The Balaban J connectivity index is 1.99. The van der Waals surface area contributed by atoms with Gasteiger partial charge in [0.05, 0.1) is 17.8 Å². The molecule has 1 aromatic carbocycles. The van der Waals surface area contributed by atoms with Crippen molar-refractivity contribution in [1.82, 2.24) is 21.4 Å². The molecule has 2 unspecified atom stereocenters. The number of nitrogens with one attached hydrogen (secondary N) is 3.